The van der Waals surface area contributed by atoms with Crippen molar-refractivity contribution < 1.29 is 4.74 Å². The molecule has 1 spiro atoms. The van der Waals surface area contributed by atoms with Crippen LogP contribution in [0.1, 0.15) is 52.9 Å². The molecule has 2 fully saturated rings. The molecule has 1 aliphatic heterocycles. The molecule has 2 rings (SSSR count). The monoisotopic (exact) mass is 182 g/mol. The van der Waals surface area contributed by atoms with Crippen molar-refractivity contribution in [3.8, 4) is 0 Å². The van der Waals surface area contributed by atoms with Gasteiger partial charge in [0.25, 0.3) is 0 Å². The number of hydrogen-bond donors (Lipinski definition) is 0. The average Bonchev–Trinajstić information content (AvgIpc) is 2.35. The van der Waals surface area contributed by atoms with E-state index in [1.165, 1.54) is 32.1 Å². The fraction of sp³-hybridized carbons (Fsp3) is 1.00. The van der Waals surface area contributed by atoms with Gasteiger partial charge in [-0.3, -0.25) is 0 Å². The zero-order valence-corrected chi connectivity index (χ0v) is 9.23. The van der Waals surface area contributed by atoms with Crippen molar-refractivity contribution in [2.24, 2.45) is 11.3 Å². The average molecular weight is 182 g/mol. The first-order valence-electron chi connectivity index (χ1n) is 5.65. The summed E-state index contributed by atoms with van der Waals surface area (Å²) in [6.07, 6.45) is 6.63. The third kappa shape index (κ3) is 1.90. The predicted molar refractivity (Wildman–Crippen MR) is 54.7 cm³/mol. The van der Waals surface area contributed by atoms with Gasteiger partial charge in [-0.2, -0.15) is 0 Å². The van der Waals surface area contributed by atoms with Gasteiger partial charge in [0.05, 0.1) is 12.2 Å². The van der Waals surface area contributed by atoms with E-state index in [-0.39, 0.29) is 5.60 Å². The fourth-order valence-electron chi connectivity index (χ4n) is 2.93. The third-order valence-electron chi connectivity index (χ3n) is 3.76. The molecular weight excluding hydrogens is 160 g/mol. The summed E-state index contributed by atoms with van der Waals surface area (Å²) in [6.45, 7) is 8.01. The molecule has 0 aromatic rings. The molecule has 1 saturated heterocycles. The van der Waals surface area contributed by atoms with E-state index in [9.17, 15) is 0 Å². The highest BCUT2D eigenvalue weighted by Crippen LogP contribution is 2.47. The minimum absolute atomic E-state index is 0.288. The van der Waals surface area contributed by atoms with Crippen LogP contribution in [0.4, 0.5) is 0 Å². The standard InChI is InChI=1S/C12H22O/c1-10-4-6-12(7-5-10)8-11(2,3)9-13-12/h10H,4-9H2,1-3H3. The summed E-state index contributed by atoms with van der Waals surface area (Å²) in [4.78, 5) is 0. The summed E-state index contributed by atoms with van der Waals surface area (Å²) in [6, 6.07) is 0. The Bertz CT molecular complexity index is 187. The molecule has 0 amide bonds. The van der Waals surface area contributed by atoms with Crippen LogP contribution >= 0.6 is 0 Å². The van der Waals surface area contributed by atoms with E-state index < -0.39 is 0 Å². The summed E-state index contributed by atoms with van der Waals surface area (Å²) >= 11 is 0. The van der Waals surface area contributed by atoms with Crippen LogP contribution in [0.2, 0.25) is 0 Å². The summed E-state index contributed by atoms with van der Waals surface area (Å²) in [5.41, 5.74) is 0.719. The van der Waals surface area contributed by atoms with E-state index in [1.807, 2.05) is 0 Å². The van der Waals surface area contributed by atoms with E-state index in [2.05, 4.69) is 20.8 Å². The summed E-state index contributed by atoms with van der Waals surface area (Å²) in [7, 11) is 0. The second kappa shape index (κ2) is 2.98. The van der Waals surface area contributed by atoms with E-state index >= 15 is 0 Å². The van der Waals surface area contributed by atoms with Crippen LogP contribution in [0.15, 0.2) is 0 Å². The molecule has 1 heteroatoms. The smallest absolute Gasteiger partial charge is 0.0689 e. The Morgan fingerprint density at radius 2 is 1.77 bits per heavy atom. The van der Waals surface area contributed by atoms with Gasteiger partial charge in [0, 0.05) is 0 Å². The molecule has 0 atom stereocenters. The van der Waals surface area contributed by atoms with Crippen molar-refractivity contribution in [2.75, 3.05) is 6.61 Å². The zero-order valence-electron chi connectivity index (χ0n) is 9.23. The lowest BCUT2D eigenvalue weighted by Gasteiger charge is -2.35. The summed E-state index contributed by atoms with van der Waals surface area (Å²) in [5, 5.41) is 0. The Balaban J connectivity index is 2.00. The summed E-state index contributed by atoms with van der Waals surface area (Å²) in [5.74, 6) is 0.929. The molecule has 0 aromatic carbocycles. The summed E-state index contributed by atoms with van der Waals surface area (Å²) < 4.78 is 6.04. The first-order valence-corrected chi connectivity index (χ1v) is 5.65. The third-order valence-corrected chi connectivity index (χ3v) is 3.76. The van der Waals surface area contributed by atoms with E-state index in [0.29, 0.717) is 5.41 Å². The number of hydrogen-bond acceptors (Lipinski definition) is 1. The van der Waals surface area contributed by atoms with Crippen LogP contribution < -0.4 is 0 Å². The van der Waals surface area contributed by atoms with E-state index in [0.717, 1.165) is 12.5 Å². The molecule has 76 valence electrons. The SMILES string of the molecule is CC1CCC2(CC1)CC(C)(C)CO2. The van der Waals surface area contributed by atoms with Gasteiger partial charge < -0.3 is 4.74 Å². The van der Waals surface area contributed by atoms with Crippen molar-refractivity contribution in [3.05, 3.63) is 0 Å². The topological polar surface area (TPSA) is 9.23 Å². The van der Waals surface area contributed by atoms with E-state index in [1.54, 1.807) is 0 Å². The minimum Gasteiger partial charge on any atom is -0.374 e. The van der Waals surface area contributed by atoms with Crippen LogP contribution in [0, 0.1) is 11.3 Å². The Morgan fingerprint density at radius 3 is 2.23 bits per heavy atom. The van der Waals surface area contributed by atoms with Gasteiger partial charge in [0.1, 0.15) is 0 Å². The Morgan fingerprint density at radius 1 is 1.15 bits per heavy atom. The van der Waals surface area contributed by atoms with Crippen LogP contribution in [0.3, 0.4) is 0 Å². The molecule has 1 aliphatic carbocycles. The lowest BCUT2D eigenvalue weighted by Crippen LogP contribution is -2.33. The van der Waals surface area contributed by atoms with Crippen molar-refractivity contribution >= 4 is 0 Å². The first-order chi connectivity index (χ1) is 6.02. The highest BCUT2D eigenvalue weighted by Gasteiger charge is 2.45. The van der Waals surface area contributed by atoms with Crippen LogP contribution in [0.25, 0.3) is 0 Å². The van der Waals surface area contributed by atoms with Crippen molar-refractivity contribution in [1.29, 1.82) is 0 Å². The van der Waals surface area contributed by atoms with Crippen molar-refractivity contribution in [3.63, 3.8) is 0 Å². The molecule has 0 radical (unpaired) electrons. The molecule has 13 heavy (non-hydrogen) atoms. The van der Waals surface area contributed by atoms with Gasteiger partial charge in [-0.25, -0.2) is 0 Å². The zero-order chi connectivity index (χ0) is 9.53. The predicted octanol–water partition coefficient (Wildman–Crippen LogP) is 3.38. The highest BCUT2D eigenvalue weighted by atomic mass is 16.5. The highest BCUT2D eigenvalue weighted by molar-refractivity contribution is 4.95. The molecule has 0 unspecified atom stereocenters. The van der Waals surface area contributed by atoms with Gasteiger partial charge in [0.15, 0.2) is 0 Å². The molecule has 1 heterocycles. The number of rotatable bonds is 0. The van der Waals surface area contributed by atoms with Crippen LogP contribution in [-0.2, 0) is 4.74 Å². The van der Waals surface area contributed by atoms with Gasteiger partial charge in [-0.15, -0.1) is 0 Å². The molecule has 0 aromatic heterocycles. The second-order valence-corrected chi connectivity index (χ2v) is 6.00. The fourth-order valence-corrected chi connectivity index (χ4v) is 2.93. The quantitative estimate of drug-likeness (QED) is 0.558. The molecule has 1 nitrogen and oxygen atoms in total. The minimum atomic E-state index is 0.288. The Hall–Kier alpha value is -0.0400. The first kappa shape index (κ1) is 9.51. The molecule has 0 N–H and O–H groups in total. The maximum Gasteiger partial charge on any atom is 0.0689 e. The second-order valence-electron chi connectivity index (χ2n) is 6.00. The normalized spacial score (nSPS) is 44.1. The van der Waals surface area contributed by atoms with Crippen LogP contribution in [-0.4, -0.2) is 12.2 Å². The lowest BCUT2D eigenvalue weighted by atomic mass is 9.74. The van der Waals surface area contributed by atoms with Gasteiger partial charge >= 0.3 is 0 Å². The van der Waals surface area contributed by atoms with Crippen molar-refractivity contribution in [2.45, 2.75) is 58.5 Å². The van der Waals surface area contributed by atoms with E-state index in [4.69, 9.17) is 4.74 Å². The van der Waals surface area contributed by atoms with Gasteiger partial charge in [-0.1, -0.05) is 20.8 Å². The Kier molecular flexibility index (Phi) is 2.18. The largest absolute Gasteiger partial charge is 0.374 e. The maximum atomic E-state index is 6.04. The van der Waals surface area contributed by atoms with Crippen LogP contribution in [0.5, 0.6) is 0 Å². The lowest BCUT2D eigenvalue weighted by molar-refractivity contribution is -0.0340. The molecule has 1 saturated carbocycles. The molecule has 2 aliphatic rings. The molecule has 0 bridgehead atoms. The van der Waals surface area contributed by atoms with Gasteiger partial charge in [-0.05, 0) is 43.4 Å². The maximum absolute atomic E-state index is 6.04. The van der Waals surface area contributed by atoms with Gasteiger partial charge in [0.2, 0.25) is 0 Å². The molecular formula is C12H22O. The van der Waals surface area contributed by atoms with Crippen molar-refractivity contribution in [1.82, 2.24) is 0 Å². The Labute approximate surface area is 81.9 Å². The number of ether oxygens (including phenoxy) is 1.